The lowest BCUT2D eigenvalue weighted by Crippen LogP contribution is -2.07. The Bertz CT molecular complexity index is 72.4. The summed E-state index contributed by atoms with van der Waals surface area (Å²) in [4.78, 5) is 0. The molecule has 0 heteroatoms. The normalized spacial score (nSPS) is 55.5. The molecule has 0 N–H and O–H groups in total. The van der Waals surface area contributed by atoms with Crippen molar-refractivity contribution in [3.05, 3.63) is 0 Å². The quantitative estimate of drug-likeness (QED) is 0.485. The molecule has 0 aromatic heterocycles. The van der Waals surface area contributed by atoms with Gasteiger partial charge in [0.15, 0.2) is 0 Å². The van der Waals surface area contributed by atoms with Gasteiger partial charge in [-0.05, 0) is 29.6 Å². The zero-order chi connectivity index (χ0) is 7.89. The van der Waals surface area contributed by atoms with Gasteiger partial charge in [0.05, 0.1) is 0 Å². The van der Waals surface area contributed by atoms with Crippen LogP contribution >= 0.6 is 0 Å². The smallest absolute Gasteiger partial charge is 0.0386 e. The van der Waals surface area contributed by atoms with E-state index < -0.39 is 0 Å². The Morgan fingerprint density at radius 2 is 0.500 bits per heavy atom. The molecule has 0 aliphatic heterocycles. The van der Waals surface area contributed by atoms with Crippen LogP contribution < -0.4 is 0 Å². The average Bonchev–Trinajstić information content (AvgIpc) is 2.07. The van der Waals surface area contributed by atoms with E-state index in [9.17, 15) is 0 Å². The molecule has 1 saturated carbocycles. The van der Waals surface area contributed by atoms with Crippen molar-refractivity contribution in [1.29, 1.82) is 0 Å². The third kappa shape index (κ3) is 0.980. The van der Waals surface area contributed by atoms with E-state index in [-0.39, 0.29) is 0 Å². The van der Waals surface area contributed by atoms with Crippen molar-refractivity contribution in [2.75, 3.05) is 0 Å². The fourth-order valence-corrected chi connectivity index (χ4v) is 2.39. The Hall–Kier alpha value is 0. The van der Waals surface area contributed by atoms with Crippen LogP contribution in [0.1, 0.15) is 34.6 Å². The van der Waals surface area contributed by atoms with Gasteiger partial charge in [-0.15, -0.1) is 0 Å². The molecule has 1 rings (SSSR count). The van der Waals surface area contributed by atoms with Crippen molar-refractivity contribution in [3.8, 4) is 0 Å². The van der Waals surface area contributed by atoms with E-state index in [0.29, 0.717) is 0 Å². The molecule has 0 radical (unpaired) electrons. The van der Waals surface area contributed by atoms with E-state index in [1.54, 1.807) is 0 Å². The zero-order valence-electron chi connectivity index (χ0n) is 7.89. The number of hydrogen-bond donors (Lipinski definition) is 0. The molecule has 0 saturated heterocycles. The Labute approximate surface area is 65.0 Å². The molecule has 0 unspecified atom stereocenters. The monoisotopic (exact) mass is 140 g/mol. The van der Waals surface area contributed by atoms with Crippen LogP contribution in [0.25, 0.3) is 0 Å². The van der Waals surface area contributed by atoms with Gasteiger partial charge < -0.3 is 0 Å². The van der Waals surface area contributed by atoms with E-state index >= 15 is 0 Å². The Balaban J connectivity index is 2.68. The Kier molecular flexibility index (Phi) is 2.07. The van der Waals surface area contributed by atoms with Crippen LogP contribution in [-0.4, -0.2) is 0 Å². The van der Waals surface area contributed by atoms with Gasteiger partial charge in [-0.25, -0.2) is 0 Å². The van der Waals surface area contributed by atoms with E-state index in [1.165, 1.54) is 0 Å². The van der Waals surface area contributed by atoms with Crippen molar-refractivity contribution >= 4 is 0 Å². The molecule has 0 aromatic carbocycles. The van der Waals surface area contributed by atoms with Crippen LogP contribution in [0, 0.1) is 29.6 Å². The minimum Gasteiger partial charge on any atom is -0.0620 e. The largest absolute Gasteiger partial charge is 0.0620 e. The molecule has 0 amide bonds. The van der Waals surface area contributed by atoms with Gasteiger partial charge in [0, 0.05) is 0 Å². The molecule has 1 aliphatic carbocycles. The van der Waals surface area contributed by atoms with Gasteiger partial charge >= 0.3 is 0 Å². The summed E-state index contributed by atoms with van der Waals surface area (Å²) in [5, 5.41) is 0. The maximum atomic E-state index is 2.40. The second-order valence-electron chi connectivity index (χ2n) is 4.30. The highest BCUT2D eigenvalue weighted by atomic mass is 14.4. The molecule has 10 heavy (non-hydrogen) atoms. The van der Waals surface area contributed by atoms with E-state index in [4.69, 9.17) is 0 Å². The molecule has 0 aromatic rings. The Morgan fingerprint density at radius 3 is 0.600 bits per heavy atom. The maximum Gasteiger partial charge on any atom is -0.0386 e. The van der Waals surface area contributed by atoms with Crippen molar-refractivity contribution < 1.29 is 0 Å². The lowest BCUT2D eigenvalue weighted by atomic mass is 9.92. The predicted molar refractivity (Wildman–Crippen MR) is 45.8 cm³/mol. The topological polar surface area (TPSA) is 0 Å². The molecule has 0 bridgehead atoms. The minimum absolute atomic E-state index is 0.935. The van der Waals surface area contributed by atoms with Crippen LogP contribution in [0.2, 0.25) is 0 Å². The van der Waals surface area contributed by atoms with Gasteiger partial charge in [0.2, 0.25) is 0 Å². The molecule has 60 valence electrons. The highest BCUT2D eigenvalue weighted by Crippen LogP contribution is 2.44. The van der Waals surface area contributed by atoms with Gasteiger partial charge in [0.25, 0.3) is 0 Å². The van der Waals surface area contributed by atoms with E-state index in [2.05, 4.69) is 34.6 Å². The van der Waals surface area contributed by atoms with Gasteiger partial charge in [-0.3, -0.25) is 0 Å². The van der Waals surface area contributed by atoms with Crippen molar-refractivity contribution in [1.82, 2.24) is 0 Å². The first-order chi connectivity index (χ1) is 4.55. The summed E-state index contributed by atoms with van der Waals surface area (Å²) in [7, 11) is 0. The van der Waals surface area contributed by atoms with Gasteiger partial charge in [0.1, 0.15) is 0 Å². The third-order valence-corrected chi connectivity index (χ3v) is 4.15. The van der Waals surface area contributed by atoms with Gasteiger partial charge in [-0.1, -0.05) is 34.6 Å². The van der Waals surface area contributed by atoms with Crippen LogP contribution in [0.4, 0.5) is 0 Å². The highest BCUT2D eigenvalue weighted by Gasteiger charge is 2.38. The Morgan fingerprint density at radius 1 is 0.400 bits per heavy atom. The SMILES string of the molecule is CC1C(C)C(C)C(C)C1C. The second kappa shape index (κ2) is 2.56. The average molecular weight is 140 g/mol. The first kappa shape index (κ1) is 8.10. The molecule has 1 aliphatic rings. The molecule has 0 spiro atoms. The number of hydrogen-bond acceptors (Lipinski definition) is 0. The lowest BCUT2D eigenvalue weighted by Gasteiger charge is -2.14. The summed E-state index contributed by atoms with van der Waals surface area (Å²) in [5.74, 6) is 4.68. The first-order valence-corrected chi connectivity index (χ1v) is 4.55. The summed E-state index contributed by atoms with van der Waals surface area (Å²) < 4.78 is 0. The molecule has 0 heterocycles. The van der Waals surface area contributed by atoms with Crippen molar-refractivity contribution in [2.45, 2.75) is 34.6 Å². The molecular weight excluding hydrogens is 120 g/mol. The van der Waals surface area contributed by atoms with Crippen molar-refractivity contribution in [2.24, 2.45) is 29.6 Å². The molecule has 0 nitrogen and oxygen atoms in total. The fourth-order valence-electron chi connectivity index (χ4n) is 2.39. The first-order valence-electron chi connectivity index (χ1n) is 4.55. The summed E-state index contributed by atoms with van der Waals surface area (Å²) in [6.07, 6.45) is 0. The van der Waals surface area contributed by atoms with Crippen molar-refractivity contribution in [3.63, 3.8) is 0 Å². The maximum absolute atomic E-state index is 2.40. The lowest BCUT2D eigenvalue weighted by molar-refractivity contribution is 0.352. The summed E-state index contributed by atoms with van der Waals surface area (Å²) in [5.41, 5.74) is 0. The minimum atomic E-state index is 0.935. The van der Waals surface area contributed by atoms with Crippen LogP contribution in [0.5, 0.6) is 0 Å². The number of rotatable bonds is 0. The van der Waals surface area contributed by atoms with Crippen LogP contribution in [0.15, 0.2) is 0 Å². The zero-order valence-corrected chi connectivity index (χ0v) is 7.89. The third-order valence-electron chi connectivity index (χ3n) is 4.15. The fraction of sp³-hybridized carbons (Fsp3) is 1.00. The second-order valence-corrected chi connectivity index (χ2v) is 4.30. The summed E-state index contributed by atoms with van der Waals surface area (Å²) in [6.45, 7) is 12.0. The standard InChI is InChI=1S/C10H20/c1-6-7(2)9(4)10(5)8(6)3/h6-10H,1-5H3. The van der Waals surface area contributed by atoms with Crippen LogP contribution in [-0.2, 0) is 0 Å². The summed E-state index contributed by atoms with van der Waals surface area (Å²) >= 11 is 0. The molecular formula is C10H20. The highest BCUT2D eigenvalue weighted by molar-refractivity contribution is 4.86. The molecule has 1 fully saturated rings. The van der Waals surface area contributed by atoms with E-state index in [1.807, 2.05) is 0 Å². The molecule has 0 atom stereocenters. The van der Waals surface area contributed by atoms with E-state index in [0.717, 1.165) is 29.6 Å². The van der Waals surface area contributed by atoms with Crippen LogP contribution in [0.3, 0.4) is 0 Å². The summed E-state index contributed by atoms with van der Waals surface area (Å²) in [6, 6.07) is 0. The van der Waals surface area contributed by atoms with Gasteiger partial charge in [-0.2, -0.15) is 0 Å². The predicted octanol–water partition coefficient (Wildman–Crippen LogP) is 3.18.